The topological polar surface area (TPSA) is 64.7 Å². The lowest BCUT2D eigenvalue weighted by atomic mass is 10.0. The Morgan fingerprint density at radius 2 is 1.80 bits per heavy atom. The number of fused-ring (bicyclic) bond motifs is 1. The predicted octanol–water partition coefficient (Wildman–Crippen LogP) is 4.03. The maximum atomic E-state index is 12.8. The van der Waals surface area contributed by atoms with Crippen LogP contribution in [0.2, 0.25) is 0 Å². The summed E-state index contributed by atoms with van der Waals surface area (Å²) in [5, 5.41) is 6.27. The van der Waals surface area contributed by atoms with E-state index < -0.39 is 0 Å². The van der Waals surface area contributed by atoms with Crippen molar-refractivity contribution in [2.75, 3.05) is 37.8 Å². The highest BCUT2D eigenvalue weighted by Crippen LogP contribution is 2.35. The van der Waals surface area contributed by atoms with E-state index in [0.717, 1.165) is 29.2 Å². The van der Waals surface area contributed by atoms with Crippen molar-refractivity contribution < 1.29 is 9.59 Å². The highest BCUT2D eigenvalue weighted by molar-refractivity contribution is 6.32. The molecule has 2 amide bonds. The van der Waals surface area contributed by atoms with Crippen molar-refractivity contribution in [2.45, 2.75) is 27.3 Å². The van der Waals surface area contributed by atoms with Crippen molar-refractivity contribution in [2.24, 2.45) is 0 Å². The Hall–Kier alpha value is -3.12. The van der Waals surface area contributed by atoms with E-state index in [-0.39, 0.29) is 11.8 Å². The average Bonchev–Trinajstić information content (AvgIpc) is 3.03. The number of carbonyl (C=O) groups excluding carboxylic acids is 2. The monoisotopic (exact) mass is 406 g/mol. The minimum atomic E-state index is -0.160. The molecule has 2 N–H and O–H groups in total. The maximum absolute atomic E-state index is 12.8. The SMILES string of the molecule is CCN(CC)C(=O)c1ccc2c(c1)C(=C(C)Nc1cccc(CN(C)C)c1)C(=O)N2. The van der Waals surface area contributed by atoms with E-state index in [1.165, 1.54) is 5.56 Å². The van der Waals surface area contributed by atoms with Crippen LogP contribution in [0.25, 0.3) is 5.57 Å². The van der Waals surface area contributed by atoms with Crippen molar-refractivity contribution in [1.29, 1.82) is 0 Å². The lowest BCUT2D eigenvalue weighted by molar-refractivity contribution is -0.110. The molecule has 30 heavy (non-hydrogen) atoms. The standard InChI is InChI=1S/C24H30N4O2/c1-6-28(7-2)24(30)18-11-12-21-20(14-18)22(23(29)26-21)16(3)25-19-10-8-9-17(13-19)15-27(4)5/h8-14,25H,6-7,15H2,1-5H3,(H,26,29). The highest BCUT2D eigenvalue weighted by Gasteiger charge is 2.28. The molecule has 6 heteroatoms. The lowest BCUT2D eigenvalue weighted by Gasteiger charge is -2.19. The molecule has 0 aliphatic carbocycles. The molecule has 0 radical (unpaired) electrons. The number of amides is 2. The number of benzene rings is 2. The number of anilines is 2. The van der Waals surface area contributed by atoms with Gasteiger partial charge < -0.3 is 20.4 Å². The fourth-order valence-electron chi connectivity index (χ4n) is 3.76. The predicted molar refractivity (Wildman–Crippen MR) is 122 cm³/mol. The molecule has 0 aromatic heterocycles. The minimum Gasteiger partial charge on any atom is -0.358 e. The Morgan fingerprint density at radius 1 is 1.07 bits per heavy atom. The van der Waals surface area contributed by atoms with Crippen LogP contribution in [0.15, 0.2) is 48.2 Å². The zero-order chi connectivity index (χ0) is 21.8. The first-order valence-electron chi connectivity index (χ1n) is 10.3. The van der Waals surface area contributed by atoms with Gasteiger partial charge in [0, 0.05) is 47.8 Å². The van der Waals surface area contributed by atoms with Gasteiger partial charge in [-0.3, -0.25) is 9.59 Å². The minimum absolute atomic E-state index is 0.0245. The molecule has 0 atom stereocenters. The molecule has 2 aromatic carbocycles. The number of nitrogens with zero attached hydrogens (tertiary/aromatic N) is 2. The van der Waals surface area contributed by atoms with Gasteiger partial charge in [0.15, 0.2) is 0 Å². The zero-order valence-corrected chi connectivity index (χ0v) is 18.4. The first-order chi connectivity index (χ1) is 14.3. The van der Waals surface area contributed by atoms with Gasteiger partial charge in [-0.25, -0.2) is 0 Å². The molecular weight excluding hydrogens is 376 g/mol. The number of allylic oxidation sites excluding steroid dienone is 1. The van der Waals surface area contributed by atoms with Gasteiger partial charge in [-0.1, -0.05) is 12.1 Å². The summed E-state index contributed by atoms with van der Waals surface area (Å²) in [5.41, 5.74) is 5.51. The normalized spacial score (nSPS) is 14.4. The van der Waals surface area contributed by atoms with Gasteiger partial charge in [0.2, 0.25) is 0 Å². The Kier molecular flexibility index (Phi) is 6.57. The van der Waals surface area contributed by atoms with Crippen molar-refractivity contribution in [3.05, 3.63) is 64.9 Å². The number of hydrogen-bond acceptors (Lipinski definition) is 4. The molecule has 158 valence electrons. The zero-order valence-electron chi connectivity index (χ0n) is 18.4. The van der Waals surface area contributed by atoms with Crippen LogP contribution in [0.3, 0.4) is 0 Å². The molecule has 1 aliphatic rings. The number of nitrogens with one attached hydrogen (secondary N) is 2. The summed E-state index contributed by atoms with van der Waals surface area (Å²) in [5.74, 6) is -0.185. The Labute approximate surface area is 178 Å². The fraction of sp³-hybridized carbons (Fsp3) is 0.333. The highest BCUT2D eigenvalue weighted by atomic mass is 16.2. The van der Waals surface area contributed by atoms with Gasteiger partial charge in [0.05, 0.1) is 5.57 Å². The second kappa shape index (κ2) is 9.13. The van der Waals surface area contributed by atoms with Crippen molar-refractivity contribution >= 4 is 28.8 Å². The van der Waals surface area contributed by atoms with Crippen LogP contribution < -0.4 is 10.6 Å². The molecule has 0 unspecified atom stereocenters. The molecule has 0 fully saturated rings. The summed E-state index contributed by atoms with van der Waals surface area (Å²) in [4.78, 5) is 29.3. The molecule has 0 saturated heterocycles. The fourth-order valence-corrected chi connectivity index (χ4v) is 3.76. The van der Waals surface area contributed by atoms with Crippen LogP contribution in [-0.4, -0.2) is 48.8 Å². The Morgan fingerprint density at radius 3 is 2.47 bits per heavy atom. The first-order valence-corrected chi connectivity index (χ1v) is 10.3. The van der Waals surface area contributed by atoms with Crippen molar-refractivity contribution in [1.82, 2.24) is 9.80 Å². The van der Waals surface area contributed by atoms with Crippen LogP contribution in [0.5, 0.6) is 0 Å². The largest absolute Gasteiger partial charge is 0.358 e. The van der Waals surface area contributed by atoms with Gasteiger partial charge in [-0.05, 0) is 70.8 Å². The van der Waals surface area contributed by atoms with Crippen LogP contribution in [0, 0.1) is 0 Å². The van der Waals surface area contributed by atoms with Crippen LogP contribution >= 0.6 is 0 Å². The van der Waals surface area contributed by atoms with E-state index in [1.807, 2.05) is 59.1 Å². The third kappa shape index (κ3) is 4.54. The maximum Gasteiger partial charge on any atom is 0.258 e. The third-order valence-electron chi connectivity index (χ3n) is 5.19. The third-order valence-corrected chi connectivity index (χ3v) is 5.19. The Bertz CT molecular complexity index is 990. The summed E-state index contributed by atoms with van der Waals surface area (Å²) < 4.78 is 0. The van der Waals surface area contributed by atoms with Crippen molar-refractivity contribution in [3.63, 3.8) is 0 Å². The second-order valence-corrected chi connectivity index (χ2v) is 7.76. The molecule has 0 spiro atoms. The number of carbonyl (C=O) groups is 2. The van der Waals surface area contributed by atoms with Gasteiger partial charge in [-0.15, -0.1) is 0 Å². The van der Waals surface area contributed by atoms with E-state index in [9.17, 15) is 9.59 Å². The molecule has 1 heterocycles. The molecule has 3 rings (SSSR count). The number of hydrogen-bond donors (Lipinski definition) is 2. The lowest BCUT2D eigenvalue weighted by Crippen LogP contribution is -2.30. The van der Waals surface area contributed by atoms with E-state index in [1.54, 1.807) is 11.0 Å². The van der Waals surface area contributed by atoms with Crippen LogP contribution in [0.4, 0.5) is 11.4 Å². The molecule has 0 saturated carbocycles. The molecule has 6 nitrogen and oxygen atoms in total. The van der Waals surface area contributed by atoms with Crippen molar-refractivity contribution in [3.8, 4) is 0 Å². The quantitative estimate of drug-likeness (QED) is 0.682. The molecule has 2 aromatic rings. The van der Waals surface area contributed by atoms with Gasteiger partial charge in [-0.2, -0.15) is 0 Å². The van der Waals surface area contributed by atoms with Gasteiger partial charge >= 0.3 is 0 Å². The Balaban J connectivity index is 1.93. The molecular formula is C24H30N4O2. The summed E-state index contributed by atoms with van der Waals surface area (Å²) in [7, 11) is 4.06. The van der Waals surface area contributed by atoms with Crippen LogP contribution in [0.1, 0.15) is 42.3 Å². The molecule has 0 bridgehead atoms. The van der Waals surface area contributed by atoms with E-state index >= 15 is 0 Å². The number of rotatable bonds is 7. The van der Waals surface area contributed by atoms with E-state index in [0.29, 0.717) is 24.2 Å². The summed E-state index contributed by atoms with van der Waals surface area (Å²) >= 11 is 0. The summed E-state index contributed by atoms with van der Waals surface area (Å²) in [6.07, 6.45) is 0. The first kappa shape index (κ1) is 21.6. The molecule has 1 aliphatic heterocycles. The smallest absolute Gasteiger partial charge is 0.258 e. The van der Waals surface area contributed by atoms with E-state index in [2.05, 4.69) is 27.7 Å². The van der Waals surface area contributed by atoms with Gasteiger partial charge in [0.25, 0.3) is 11.8 Å². The van der Waals surface area contributed by atoms with Crippen LogP contribution in [-0.2, 0) is 11.3 Å². The average molecular weight is 407 g/mol. The van der Waals surface area contributed by atoms with Gasteiger partial charge in [0.1, 0.15) is 0 Å². The summed E-state index contributed by atoms with van der Waals surface area (Å²) in [6, 6.07) is 13.5. The summed E-state index contributed by atoms with van der Waals surface area (Å²) in [6.45, 7) is 7.95. The second-order valence-electron chi connectivity index (χ2n) is 7.76. The van der Waals surface area contributed by atoms with E-state index in [4.69, 9.17) is 0 Å².